The molecule has 1 N–H and O–H groups in total. The van der Waals surface area contributed by atoms with Crippen LogP contribution in [-0.4, -0.2) is 54.3 Å². The summed E-state index contributed by atoms with van der Waals surface area (Å²) >= 11 is 0. The lowest BCUT2D eigenvalue weighted by molar-refractivity contribution is -0.138. The summed E-state index contributed by atoms with van der Waals surface area (Å²) in [4.78, 5) is 26.9. The summed E-state index contributed by atoms with van der Waals surface area (Å²) in [5.41, 5.74) is 1.44. The van der Waals surface area contributed by atoms with E-state index in [1.165, 1.54) is 0 Å². The molecule has 2 rings (SSSR count). The van der Waals surface area contributed by atoms with Gasteiger partial charge >= 0.3 is 0 Å². The molecule has 0 bridgehead atoms. The molecule has 1 aliphatic heterocycles. The van der Waals surface area contributed by atoms with Gasteiger partial charge in [-0.05, 0) is 18.2 Å². The van der Waals surface area contributed by atoms with E-state index in [0.717, 1.165) is 5.69 Å². The minimum Gasteiger partial charge on any atom is -0.384 e. The lowest BCUT2D eigenvalue weighted by Crippen LogP contribution is -2.50. The smallest absolute Gasteiger partial charge is 0.224 e. The Balaban J connectivity index is 1.74. The maximum absolute atomic E-state index is 12.1. The zero-order valence-electron chi connectivity index (χ0n) is 12.7. The number of carbonyl (C=O) groups is 2. The second kappa shape index (κ2) is 7.46. The first-order valence-electron chi connectivity index (χ1n) is 7.37. The molecule has 0 unspecified atom stereocenters. The summed E-state index contributed by atoms with van der Waals surface area (Å²) in [5, 5.41) is 12.0. The van der Waals surface area contributed by atoms with Crippen LogP contribution >= 0.6 is 0 Å². The van der Waals surface area contributed by atoms with Crippen LogP contribution in [0.15, 0.2) is 24.3 Å². The highest BCUT2D eigenvalue weighted by molar-refractivity contribution is 5.78. The van der Waals surface area contributed by atoms with E-state index in [1.807, 2.05) is 12.1 Å². The number of piperazine rings is 1. The van der Waals surface area contributed by atoms with Gasteiger partial charge in [-0.15, -0.1) is 0 Å². The first-order valence-corrected chi connectivity index (χ1v) is 7.37. The van der Waals surface area contributed by atoms with Gasteiger partial charge in [0.25, 0.3) is 0 Å². The fraction of sp³-hybridized carbons (Fsp3) is 0.438. The van der Waals surface area contributed by atoms with Crippen molar-refractivity contribution in [2.45, 2.75) is 13.3 Å². The Hall–Kier alpha value is -2.55. The summed E-state index contributed by atoms with van der Waals surface area (Å²) < 4.78 is 0. The SMILES string of the molecule is CC(=O)N1CCN(C(=O)CCNc2cccc(C#N)c2)CC1. The van der Waals surface area contributed by atoms with Crippen molar-refractivity contribution in [2.24, 2.45) is 0 Å². The van der Waals surface area contributed by atoms with Crippen LogP contribution in [0, 0.1) is 11.3 Å². The molecule has 1 fully saturated rings. The molecule has 116 valence electrons. The Labute approximate surface area is 130 Å². The highest BCUT2D eigenvalue weighted by atomic mass is 16.2. The third kappa shape index (κ3) is 4.22. The fourth-order valence-electron chi connectivity index (χ4n) is 2.44. The number of hydrogen-bond acceptors (Lipinski definition) is 4. The normalized spacial score (nSPS) is 14.4. The van der Waals surface area contributed by atoms with Gasteiger partial charge in [-0.3, -0.25) is 9.59 Å². The van der Waals surface area contributed by atoms with Crippen LogP contribution in [0.25, 0.3) is 0 Å². The van der Waals surface area contributed by atoms with Gasteiger partial charge in [-0.2, -0.15) is 5.26 Å². The Morgan fingerprint density at radius 3 is 2.55 bits per heavy atom. The molecule has 22 heavy (non-hydrogen) atoms. The highest BCUT2D eigenvalue weighted by Gasteiger charge is 2.21. The van der Waals surface area contributed by atoms with Crippen molar-refractivity contribution in [2.75, 3.05) is 38.0 Å². The van der Waals surface area contributed by atoms with E-state index in [1.54, 1.807) is 28.9 Å². The second-order valence-electron chi connectivity index (χ2n) is 5.26. The van der Waals surface area contributed by atoms with E-state index < -0.39 is 0 Å². The minimum absolute atomic E-state index is 0.0612. The quantitative estimate of drug-likeness (QED) is 0.902. The number of carbonyl (C=O) groups excluding carboxylic acids is 2. The molecule has 0 spiro atoms. The van der Waals surface area contributed by atoms with Crippen molar-refractivity contribution in [1.29, 1.82) is 5.26 Å². The number of nitriles is 1. The van der Waals surface area contributed by atoms with Gasteiger partial charge in [-0.1, -0.05) is 6.07 Å². The molecule has 0 aliphatic carbocycles. The summed E-state index contributed by atoms with van der Waals surface area (Å²) in [6.07, 6.45) is 0.400. The molecule has 1 heterocycles. The van der Waals surface area contributed by atoms with Gasteiger partial charge in [0.05, 0.1) is 11.6 Å². The molecular weight excluding hydrogens is 280 g/mol. The van der Waals surface area contributed by atoms with Gasteiger partial charge < -0.3 is 15.1 Å². The minimum atomic E-state index is 0.0612. The standard InChI is InChI=1S/C16H20N4O2/c1-13(21)19-7-9-20(10-8-19)16(22)5-6-18-15-4-2-3-14(11-15)12-17/h2-4,11,18H,5-10H2,1H3. The summed E-state index contributed by atoms with van der Waals surface area (Å²) in [7, 11) is 0. The predicted molar refractivity (Wildman–Crippen MR) is 83.1 cm³/mol. The second-order valence-corrected chi connectivity index (χ2v) is 5.26. The van der Waals surface area contributed by atoms with Crippen LogP contribution in [-0.2, 0) is 9.59 Å². The van der Waals surface area contributed by atoms with Gasteiger partial charge in [0.15, 0.2) is 0 Å². The molecule has 6 nitrogen and oxygen atoms in total. The van der Waals surface area contributed by atoms with E-state index in [4.69, 9.17) is 5.26 Å². The van der Waals surface area contributed by atoms with Crippen LogP contribution in [0.5, 0.6) is 0 Å². The van der Waals surface area contributed by atoms with Crippen LogP contribution < -0.4 is 5.32 Å². The van der Waals surface area contributed by atoms with Crippen LogP contribution in [0.4, 0.5) is 5.69 Å². The zero-order valence-corrected chi connectivity index (χ0v) is 12.7. The van der Waals surface area contributed by atoms with Crippen molar-refractivity contribution in [3.8, 4) is 6.07 Å². The van der Waals surface area contributed by atoms with Crippen molar-refractivity contribution in [3.63, 3.8) is 0 Å². The van der Waals surface area contributed by atoms with Crippen molar-refractivity contribution in [1.82, 2.24) is 9.80 Å². The van der Waals surface area contributed by atoms with Crippen LogP contribution in [0.2, 0.25) is 0 Å². The summed E-state index contributed by atoms with van der Waals surface area (Å²) in [6.45, 7) is 4.50. The van der Waals surface area contributed by atoms with Crippen molar-refractivity contribution >= 4 is 17.5 Å². The molecule has 0 aromatic heterocycles. The molecule has 0 atom stereocenters. The van der Waals surface area contributed by atoms with Crippen LogP contribution in [0.3, 0.4) is 0 Å². The fourth-order valence-corrected chi connectivity index (χ4v) is 2.44. The monoisotopic (exact) mass is 300 g/mol. The third-order valence-electron chi connectivity index (χ3n) is 3.74. The van der Waals surface area contributed by atoms with Gasteiger partial charge in [0.2, 0.25) is 11.8 Å². The number of hydrogen-bond donors (Lipinski definition) is 1. The highest BCUT2D eigenvalue weighted by Crippen LogP contribution is 2.10. The van der Waals surface area contributed by atoms with Gasteiger partial charge in [0.1, 0.15) is 0 Å². The van der Waals surface area contributed by atoms with Crippen molar-refractivity contribution < 1.29 is 9.59 Å². The van der Waals surface area contributed by atoms with Crippen molar-refractivity contribution in [3.05, 3.63) is 29.8 Å². The van der Waals surface area contributed by atoms with E-state index in [-0.39, 0.29) is 11.8 Å². The van der Waals surface area contributed by atoms with Gasteiger partial charge in [0, 0.05) is 51.8 Å². The lowest BCUT2D eigenvalue weighted by atomic mass is 10.2. The number of nitrogens with one attached hydrogen (secondary N) is 1. The first kappa shape index (κ1) is 15.8. The molecule has 1 aromatic rings. The molecule has 1 aromatic carbocycles. The Kier molecular flexibility index (Phi) is 5.37. The van der Waals surface area contributed by atoms with E-state index in [9.17, 15) is 9.59 Å². The zero-order chi connectivity index (χ0) is 15.9. The Morgan fingerprint density at radius 1 is 1.23 bits per heavy atom. The van der Waals surface area contributed by atoms with Crippen LogP contribution in [0.1, 0.15) is 18.9 Å². The molecule has 0 radical (unpaired) electrons. The Morgan fingerprint density at radius 2 is 1.91 bits per heavy atom. The number of anilines is 1. The number of benzene rings is 1. The molecule has 0 saturated carbocycles. The lowest BCUT2D eigenvalue weighted by Gasteiger charge is -2.34. The number of nitrogens with zero attached hydrogens (tertiary/aromatic N) is 3. The maximum atomic E-state index is 12.1. The number of rotatable bonds is 4. The molecule has 6 heteroatoms. The molecule has 2 amide bonds. The summed E-state index contributed by atoms with van der Waals surface area (Å²) in [6, 6.07) is 9.27. The first-order chi connectivity index (χ1) is 10.6. The third-order valence-corrected chi connectivity index (χ3v) is 3.74. The summed E-state index contributed by atoms with van der Waals surface area (Å²) in [5.74, 6) is 0.151. The average molecular weight is 300 g/mol. The van der Waals surface area contributed by atoms with Gasteiger partial charge in [-0.25, -0.2) is 0 Å². The maximum Gasteiger partial charge on any atom is 0.224 e. The number of amides is 2. The van der Waals surface area contributed by atoms with E-state index in [0.29, 0.717) is 44.7 Å². The molecule has 1 saturated heterocycles. The topological polar surface area (TPSA) is 76.4 Å². The predicted octanol–water partition coefficient (Wildman–Crippen LogP) is 1.05. The Bertz CT molecular complexity index is 586. The molecule has 1 aliphatic rings. The van der Waals surface area contributed by atoms with E-state index in [2.05, 4.69) is 11.4 Å². The average Bonchev–Trinajstić information content (AvgIpc) is 2.55. The van der Waals surface area contributed by atoms with E-state index >= 15 is 0 Å². The largest absolute Gasteiger partial charge is 0.384 e. The molecular formula is C16H20N4O2.